The van der Waals surface area contributed by atoms with Crippen molar-refractivity contribution in [1.82, 2.24) is 4.98 Å². The molecule has 0 bridgehead atoms. The van der Waals surface area contributed by atoms with Gasteiger partial charge in [0.25, 0.3) is 5.91 Å². The Balaban J connectivity index is 1.78. The van der Waals surface area contributed by atoms with Crippen LogP contribution in [0.2, 0.25) is 0 Å². The summed E-state index contributed by atoms with van der Waals surface area (Å²) in [7, 11) is -4.50. The highest BCUT2D eigenvalue weighted by molar-refractivity contribution is 7.59. The molecule has 30 heavy (non-hydrogen) atoms. The minimum Gasteiger partial charge on any atom is -0.491 e. The molecule has 0 radical (unpaired) electrons. The molecule has 3 rings (SSSR count). The second-order valence-corrected chi connectivity index (χ2v) is 8.87. The molecule has 0 saturated carbocycles. The summed E-state index contributed by atoms with van der Waals surface area (Å²) in [6.45, 7) is 3.50. The van der Waals surface area contributed by atoms with Crippen LogP contribution in [0.5, 0.6) is 11.5 Å². The van der Waals surface area contributed by atoms with E-state index in [1.165, 1.54) is 24.3 Å². The van der Waals surface area contributed by atoms with E-state index < -0.39 is 24.1 Å². The summed E-state index contributed by atoms with van der Waals surface area (Å²) in [4.78, 5) is 34.5. The number of nitrogens with one attached hydrogen (secondary N) is 1. The van der Waals surface area contributed by atoms with E-state index in [0.29, 0.717) is 17.1 Å². The maximum absolute atomic E-state index is 13.1. The highest BCUT2D eigenvalue weighted by Gasteiger charge is 2.22. The number of amides is 1. The predicted octanol–water partition coefficient (Wildman–Crippen LogP) is 3.30. The van der Waals surface area contributed by atoms with Crippen molar-refractivity contribution in [1.29, 1.82) is 0 Å². The molecular weight excluding hydrogens is 438 g/mol. The van der Waals surface area contributed by atoms with Gasteiger partial charge in [-0.15, -0.1) is 0 Å². The minimum absolute atomic E-state index is 0.107. The zero-order valence-electron chi connectivity index (χ0n) is 15.9. The number of anilines is 1. The van der Waals surface area contributed by atoms with Gasteiger partial charge in [0, 0.05) is 11.6 Å². The molecule has 0 spiro atoms. The SMILES string of the molecule is CC(C)Oc1cc(OCc2ccc(P(=O)(O)O)o2)cc(C(=O)Nc2ncc(F)s2)c1. The van der Waals surface area contributed by atoms with Crippen molar-refractivity contribution < 1.29 is 37.4 Å². The third kappa shape index (κ3) is 5.90. The Morgan fingerprint density at radius 3 is 2.63 bits per heavy atom. The van der Waals surface area contributed by atoms with Crippen molar-refractivity contribution in [3.8, 4) is 11.5 Å². The van der Waals surface area contributed by atoms with Gasteiger partial charge in [0.1, 0.15) is 23.9 Å². The van der Waals surface area contributed by atoms with Crippen LogP contribution >= 0.6 is 18.9 Å². The number of nitrogens with zero attached hydrogens (tertiary/aromatic N) is 1. The van der Waals surface area contributed by atoms with Gasteiger partial charge in [-0.1, -0.05) is 11.3 Å². The molecular formula is C18H18FN2O7PS. The van der Waals surface area contributed by atoms with Gasteiger partial charge in [-0.05, 0) is 38.1 Å². The fourth-order valence-electron chi connectivity index (χ4n) is 2.36. The van der Waals surface area contributed by atoms with Crippen LogP contribution in [0, 0.1) is 5.13 Å². The molecule has 0 saturated heterocycles. The quantitative estimate of drug-likeness (QED) is 0.440. The summed E-state index contributed by atoms with van der Waals surface area (Å²) in [5.41, 5.74) is -0.275. The van der Waals surface area contributed by atoms with Crippen LogP contribution in [-0.4, -0.2) is 26.8 Å². The third-order valence-corrected chi connectivity index (χ3v) is 5.04. The molecule has 0 unspecified atom stereocenters. The molecule has 0 fully saturated rings. The van der Waals surface area contributed by atoms with Gasteiger partial charge in [-0.2, -0.15) is 4.39 Å². The average Bonchev–Trinajstić information content (AvgIpc) is 3.28. The summed E-state index contributed by atoms with van der Waals surface area (Å²) in [5, 5.41) is 2.07. The molecule has 1 aromatic carbocycles. The smallest absolute Gasteiger partial charge is 0.391 e. The number of ether oxygens (including phenoxy) is 2. The normalized spacial score (nSPS) is 11.5. The van der Waals surface area contributed by atoms with Gasteiger partial charge in [0.2, 0.25) is 5.50 Å². The van der Waals surface area contributed by atoms with Crippen LogP contribution in [0.4, 0.5) is 9.52 Å². The van der Waals surface area contributed by atoms with Crippen LogP contribution in [0.25, 0.3) is 0 Å². The first-order valence-corrected chi connectivity index (χ1v) is 11.0. The van der Waals surface area contributed by atoms with E-state index in [1.54, 1.807) is 6.07 Å². The van der Waals surface area contributed by atoms with E-state index in [1.807, 2.05) is 13.8 Å². The van der Waals surface area contributed by atoms with Crippen molar-refractivity contribution in [2.45, 2.75) is 26.6 Å². The molecule has 3 aromatic rings. The number of carbonyl (C=O) groups excluding carboxylic acids is 1. The first kappa shape index (κ1) is 22.0. The van der Waals surface area contributed by atoms with Gasteiger partial charge in [-0.25, -0.2) is 4.98 Å². The summed E-state index contributed by atoms with van der Waals surface area (Å²) in [5.74, 6) is 0.282. The number of aromatic nitrogens is 1. The lowest BCUT2D eigenvalue weighted by atomic mass is 10.2. The highest BCUT2D eigenvalue weighted by Crippen LogP contribution is 2.34. The van der Waals surface area contributed by atoms with Gasteiger partial charge >= 0.3 is 7.60 Å². The maximum Gasteiger partial charge on any atom is 0.391 e. The van der Waals surface area contributed by atoms with E-state index in [2.05, 4.69) is 10.3 Å². The van der Waals surface area contributed by atoms with Crippen LogP contribution < -0.4 is 20.3 Å². The second-order valence-electron chi connectivity index (χ2n) is 6.36. The van der Waals surface area contributed by atoms with E-state index in [4.69, 9.17) is 23.7 Å². The molecule has 1 amide bonds. The average molecular weight is 456 g/mol. The van der Waals surface area contributed by atoms with Crippen molar-refractivity contribution in [3.63, 3.8) is 0 Å². The van der Waals surface area contributed by atoms with Gasteiger partial charge in [-0.3, -0.25) is 14.7 Å². The van der Waals surface area contributed by atoms with E-state index in [9.17, 15) is 13.8 Å². The molecule has 0 atom stereocenters. The Bertz CT molecular complexity index is 1090. The number of thiazole rings is 1. The summed E-state index contributed by atoms with van der Waals surface area (Å²) in [6.07, 6.45) is 0.836. The summed E-state index contributed by atoms with van der Waals surface area (Å²) < 4.78 is 40.6. The number of carbonyl (C=O) groups is 1. The van der Waals surface area contributed by atoms with E-state index >= 15 is 0 Å². The molecule has 0 aliphatic rings. The Labute approximate surface area is 174 Å². The van der Waals surface area contributed by atoms with Crippen molar-refractivity contribution in [2.75, 3.05) is 5.32 Å². The van der Waals surface area contributed by atoms with Gasteiger partial charge < -0.3 is 23.7 Å². The van der Waals surface area contributed by atoms with Crippen LogP contribution in [0.15, 0.2) is 40.9 Å². The zero-order valence-corrected chi connectivity index (χ0v) is 17.6. The van der Waals surface area contributed by atoms with Gasteiger partial charge in [0.15, 0.2) is 10.3 Å². The van der Waals surface area contributed by atoms with Crippen LogP contribution in [0.3, 0.4) is 0 Å². The standard InChI is InChI=1S/C18H18FN2O7PS/c1-10(2)27-14-6-11(17(22)21-18-20-8-15(19)30-18)5-13(7-14)26-9-12-3-4-16(28-12)29(23,24)25/h3-8,10H,9H2,1-2H3,(H,20,21,22)(H2,23,24,25). The third-order valence-electron chi connectivity index (χ3n) is 3.53. The lowest BCUT2D eigenvalue weighted by Crippen LogP contribution is -2.13. The molecule has 2 aromatic heterocycles. The largest absolute Gasteiger partial charge is 0.491 e. The molecule has 160 valence electrons. The molecule has 3 N–H and O–H groups in total. The van der Waals surface area contributed by atoms with Crippen LogP contribution in [0.1, 0.15) is 30.0 Å². The molecule has 2 heterocycles. The Kier molecular flexibility index (Phi) is 6.57. The maximum atomic E-state index is 13.1. The molecule has 0 aliphatic heterocycles. The number of hydrogen-bond donors (Lipinski definition) is 3. The highest BCUT2D eigenvalue weighted by atomic mass is 32.1. The number of benzene rings is 1. The monoisotopic (exact) mass is 456 g/mol. The number of furan rings is 1. The number of rotatable bonds is 8. The fraction of sp³-hybridized carbons (Fsp3) is 0.222. The van der Waals surface area contributed by atoms with Gasteiger partial charge in [0.05, 0.1) is 12.3 Å². The number of hydrogen-bond acceptors (Lipinski definition) is 7. The first-order valence-electron chi connectivity index (χ1n) is 8.62. The van der Waals surface area contributed by atoms with Crippen molar-refractivity contribution in [3.05, 3.63) is 53.0 Å². The number of halogens is 1. The lowest BCUT2D eigenvalue weighted by molar-refractivity contribution is 0.102. The fourth-order valence-corrected chi connectivity index (χ4v) is 3.41. The first-order chi connectivity index (χ1) is 14.1. The lowest BCUT2D eigenvalue weighted by Gasteiger charge is -2.13. The summed E-state index contributed by atoms with van der Waals surface area (Å²) >= 11 is 0.693. The van der Waals surface area contributed by atoms with Crippen molar-refractivity contribution >= 4 is 35.5 Å². The molecule has 0 aliphatic carbocycles. The van der Waals surface area contributed by atoms with E-state index in [0.717, 1.165) is 6.20 Å². The van der Waals surface area contributed by atoms with Crippen LogP contribution in [-0.2, 0) is 11.2 Å². The Morgan fingerprint density at radius 1 is 1.30 bits per heavy atom. The zero-order chi connectivity index (χ0) is 21.9. The summed E-state index contributed by atoms with van der Waals surface area (Å²) in [6, 6.07) is 7.06. The Morgan fingerprint density at radius 2 is 2.03 bits per heavy atom. The molecule has 9 nitrogen and oxygen atoms in total. The minimum atomic E-state index is -4.50. The molecule has 12 heteroatoms. The second kappa shape index (κ2) is 8.97. The van der Waals surface area contributed by atoms with E-state index in [-0.39, 0.29) is 34.9 Å². The Hall–Kier alpha value is -2.72. The predicted molar refractivity (Wildman–Crippen MR) is 107 cm³/mol. The van der Waals surface area contributed by atoms with Crippen molar-refractivity contribution in [2.24, 2.45) is 0 Å². The topological polar surface area (TPSA) is 131 Å².